The van der Waals surface area contributed by atoms with Crippen molar-refractivity contribution in [3.05, 3.63) is 34.6 Å². The zero-order chi connectivity index (χ0) is 16.2. The van der Waals surface area contributed by atoms with Crippen LogP contribution in [0.25, 0.3) is 0 Å². The molecule has 8 heteroatoms. The third kappa shape index (κ3) is 4.13. The number of carbonyl (C=O) groups excluding carboxylic acids is 1. The van der Waals surface area contributed by atoms with Gasteiger partial charge in [0.25, 0.3) is 0 Å². The fourth-order valence-corrected chi connectivity index (χ4v) is 1.65. The first-order valence-electron chi connectivity index (χ1n) is 6.14. The minimum absolute atomic E-state index is 0.0539. The molecular weight excluding hydrogens is 297 g/mol. The zero-order valence-corrected chi connectivity index (χ0v) is 11.5. The van der Waals surface area contributed by atoms with E-state index in [1.807, 2.05) is 0 Å². The molecule has 118 valence electrons. The van der Waals surface area contributed by atoms with Crippen LogP contribution in [-0.2, 0) is 16.1 Å². The summed E-state index contributed by atoms with van der Waals surface area (Å²) >= 11 is 0. The molecule has 1 aromatic carbocycles. The zero-order valence-electron chi connectivity index (χ0n) is 11.5. The number of ether oxygens (including phenoxy) is 1. The molecule has 0 aliphatic heterocycles. The Morgan fingerprint density at radius 3 is 1.95 bits per heavy atom. The second-order valence-electron chi connectivity index (χ2n) is 4.34. The molecule has 1 rings (SSSR count). The van der Waals surface area contributed by atoms with Crippen LogP contribution in [0.1, 0.15) is 18.9 Å². The normalized spacial score (nSPS) is 11.0. The predicted molar refractivity (Wildman–Crippen MR) is 63.8 cm³/mol. The van der Waals surface area contributed by atoms with E-state index in [1.54, 1.807) is 6.92 Å². The van der Waals surface area contributed by atoms with Gasteiger partial charge < -0.3 is 9.64 Å². The van der Waals surface area contributed by atoms with E-state index in [9.17, 15) is 26.7 Å². The highest BCUT2D eigenvalue weighted by Gasteiger charge is 2.26. The average Bonchev–Trinajstić information content (AvgIpc) is 2.46. The molecule has 0 radical (unpaired) electrons. The molecule has 0 unspecified atom stereocenters. The van der Waals surface area contributed by atoms with Gasteiger partial charge in [-0.2, -0.15) is 0 Å². The molecular formula is C13H14F5NO2. The van der Waals surface area contributed by atoms with Crippen LogP contribution in [0.5, 0.6) is 0 Å². The van der Waals surface area contributed by atoms with E-state index in [2.05, 4.69) is 4.74 Å². The number of hydrogen-bond donors (Lipinski definition) is 0. The maximum absolute atomic E-state index is 13.4. The van der Waals surface area contributed by atoms with E-state index in [4.69, 9.17) is 0 Å². The van der Waals surface area contributed by atoms with Crippen molar-refractivity contribution in [3.63, 3.8) is 0 Å². The largest absolute Gasteiger partial charge is 0.466 e. The van der Waals surface area contributed by atoms with Crippen molar-refractivity contribution in [2.75, 3.05) is 20.2 Å². The van der Waals surface area contributed by atoms with Gasteiger partial charge in [-0.25, -0.2) is 22.0 Å². The molecule has 21 heavy (non-hydrogen) atoms. The van der Waals surface area contributed by atoms with Gasteiger partial charge in [-0.15, -0.1) is 0 Å². The number of rotatable bonds is 6. The number of hydrogen-bond acceptors (Lipinski definition) is 3. The van der Waals surface area contributed by atoms with Gasteiger partial charge in [0, 0.05) is 18.7 Å². The lowest BCUT2D eigenvalue weighted by Crippen LogP contribution is -2.24. The van der Waals surface area contributed by atoms with Gasteiger partial charge >= 0.3 is 5.97 Å². The van der Waals surface area contributed by atoms with Crippen LogP contribution in [0.15, 0.2) is 0 Å². The smallest absolute Gasteiger partial charge is 0.307 e. The predicted octanol–water partition coefficient (Wildman–Crippen LogP) is 2.77. The van der Waals surface area contributed by atoms with E-state index in [0.29, 0.717) is 0 Å². The summed E-state index contributed by atoms with van der Waals surface area (Å²) in [5, 5.41) is 0. The molecule has 0 aromatic heterocycles. The van der Waals surface area contributed by atoms with E-state index in [1.165, 1.54) is 11.9 Å². The van der Waals surface area contributed by atoms with Crippen LogP contribution in [0.3, 0.4) is 0 Å². The second kappa shape index (κ2) is 7.35. The standard InChI is InChI=1S/C13H14F5NO2/c1-3-21-8(20)4-5-19(2)6-7-9(14)11(16)13(18)12(17)10(7)15/h3-6H2,1-2H3. The van der Waals surface area contributed by atoms with Gasteiger partial charge in [0.2, 0.25) is 5.82 Å². The highest BCUT2D eigenvalue weighted by molar-refractivity contribution is 5.69. The van der Waals surface area contributed by atoms with Crippen LogP contribution in [0, 0.1) is 29.1 Å². The average molecular weight is 311 g/mol. The maximum Gasteiger partial charge on any atom is 0.307 e. The quantitative estimate of drug-likeness (QED) is 0.350. The van der Waals surface area contributed by atoms with Gasteiger partial charge in [-0.05, 0) is 14.0 Å². The van der Waals surface area contributed by atoms with E-state index in [0.717, 1.165) is 0 Å². The Hall–Kier alpha value is -1.70. The molecule has 0 aliphatic rings. The molecule has 0 N–H and O–H groups in total. The summed E-state index contributed by atoms with van der Waals surface area (Å²) in [4.78, 5) is 12.4. The fourth-order valence-electron chi connectivity index (χ4n) is 1.65. The highest BCUT2D eigenvalue weighted by atomic mass is 19.2. The minimum Gasteiger partial charge on any atom is -0.466 e. The number of nitrogens with zero attached hydrogens (tertiary/aromatic N) is 1. The molecule has 0 spiro atoms. The van der Waals surface area contributed by atoms with Crippen molar-refractivity contribution in [3.8, 4) is 0 Å². The summed E-state index contributed by atoms with van der Waals surface area (Å²) < 4.78 is 70.4. The first kappa shape index (κ1) is 17.4. The molecule has 3 nitrogen and oxygen atoms in total. The third-order valence-corrected chi connectivity index (χ3v) is 2.73. The Morgan fingerprint density at radius 1 is 1.00 bits per heavy atom. The van der Waals surface area contributed by atoms with Crippen LogP contribution in [0.4, 0.5) is 22.0 Å². The van der Waals surface area contributed by atoms with Crippen LogP contribution in [0.2, 0.25) is 0 Å². The van der Waals surface area contributed by atoms with Gasteiger partial charge in [0.1, 0.15) is 0 Å². The van der Waals surface area contributed by atoms with Crippen LogP contribution < -0.4 is 0 Å². The summed E-state index contributed by atoms with van der Waals surface area (Å²) in [6, 6.07) is 0. The molecule has 0 saturated heterocycles. The monoisotopic (exact) mass is 311 g/mol. The summed E-state index contributed by atoms with van der Waals surface area (Å²) in [7, 11) is 1.39. The summed E-state index contributed by atoms with van der Waals surface area (Å²) in [6.07, 6.45) is -0.0558. The molecule has 0 amide bonds. The van der Waals surface area contributed by atoms with Crippen molar-refractivity contribution in [2.24, 2.45) is 0 Å². The van der Waals surface area contributed by atoms with Crippen LogP contribution in [-0.4, -0.2) is 31.1 Å². The van der Waals surface area contributed by atoms with Crippen molar-refractivity contribution in [1.29, 1.82) is 0 Å². The van der Waals surface area contributed by atoms with Crippen molar-refractivity contribution in [1.82, 2.24) is 4.90 Å². The molecule has 0 atom stereocenters. The second-order valence-corrected chi connectivity index (χ2v) is 4.34. The van der Waals surface area contributed by atoms with Gasteiger partial charge in [0.15, 0.2) is 23.3 Å². The topological polar surface area (TPSA) is 29.5 Å². The fraction of sp³-hybridized carbons (Fsp3) is 0.462. The molecule has 1 aromatic rings. The van der Waals surface area contributed by atoms with Crippen molar-refractivity contribution < 1.29 is 31.5 Å². The Balaban J connectivity index is 2.81. The van der Waals surface area contributed by atoms with Crippen LogP contribution >= 0.6 is 0 Å². The summed E-state index contributed by atoms with van der Waals surface area (Å²) in [5.41, 5.74) is -0.933. The van der Waals surface area contributed by atoms with E-state index >= 15 is 0 Å². The number of halogens is 5. The Labute approximate surface area is 118 Å². The third-order valence-electron chi connectivity index (χ3n) is 2.73. The first-order valence-corrected chi connectivity index (χ1v) is 6.14. The minimum atomic E-state index is -2.19. The van der Waals surface area contributed by atoms with Crippen molar-refractivity contribution >= 4 is 5.97 Å². The Morgan fingerprint density at radius 2 is 1.48 bits per heavy atom. The molecule has 0 saturated carbocycles. The SMILES string of the molecule is CCOC(=O)CCN(C)Cc1c(F)c(F)c(F)c(F)c1F. The van der Waals surface area contributed by atoms with E-state index in [-0.39, 0.29) is 19.6 Å². The lowest BCUT2D eigenvalue weighted by molar-refractivity contribution is -0.143. The van der Waals surface area contributed by atoms with E-state index < -0.39 is 47.2 Å². The number of esters is 1. The Bertz CT molecular complexity index is 507. The number of benzene rings is 1. The van der Waals surface area contributed by atoms with Crippen molar-refractivity contribution in [2.45, 2.75) is 19.9 Å². The summed E-state index contributed by atoms with van der Waals surface area (Å²) in [5.74, 6) is -10.4. The molecule has 0 bridgehead atoms. The molecule has 0 heterocycles. The van der Waals surface area contributed by atoms with Gasteiger partial charge in [-0.1, -0.05) is 0 Å². The summed E-state index contributed by atoms with van der Waals surface area (Å²) in [6.45, 7) is 1.35. The molecule has 0 fully saturated rings. The lowest BCUT2D eigenvalue weighted by Gasteiger charge is -2.17. The number of carbonyl (C=O) groups is 1. The van der Waals surface area contributed by atoms with Gasteiger partial charge in [-0.3, -0.25) is 4.79 Å². The maximum atomic E-state index is 13.4. The van der Waals surface area contributed by atoms with Gasteiger partial charge in [0.05, 0.1) is 13.0 Å². The lowest BCUT2D eigenvalue weighted by atomic mass is 10.1. The molecule has 0 aliphatic carbocycles. The Kier molecular flexibility index (Phi) is 6.07. The highest BCUT2D eigenvalue weighted by Crippen LogP contribution is 2.23. The first-order chi connectivity index (χ1) is 9.79.